The summed E-state index contributed by atoms with van der Waals surface area (Å²) >= 11 is 11.7. The van der Waals surface area contributed by atoms with Crippen molar-refractivity contribution in [3.05, 3.63) is 58.0 Å². The molecule has 0 saturated heterocycles. The number of halogens is 2. The highest BCUT2D eigenvalue weighted by atomic mass is 35.5. The molecule has 4 heteroatoms. The molecule has 0 amide bonds. The van der Waals surface area contributed by atoms with Crippen LogP contribution in [0.25, 0.3) is 0 Å². The monoisotopic (exact) mass is 240 g/mol. The summed E-state index contributed by atoms with van der Waals surface area (Å²) in [4.78, 5) is 11.9. The summed E-state index contributed by atoms with van der Waals surface area (Å²) in [5.74, 6) is -0.198. The van der Waals surface area contributed by atoms with Crippen LogP contribution in [0.15, 0.2) is 41.2 Å². The van der Waals surface area contributed by atoms with Crippen LogP contribution in [-0.4, -0.2) is 5.78 Å². The molecule has 2 nitrogen and oxygen atoms in total. The lowest BCUT2D eigenvalue weighted by atomic mass is 10.1. The van der Waals surface area contributed by atoms with Gasteiger partial charge in [0, 0.05) is 5.56 Å². The van der Waals surface area contributed by atoms with Gasteiger partial charge in [0.15, 0.2) is 5.78 Å². The quantitative estimate of drug-likeness (QED) is 0.748. The van der Waals surface area contributed by atoms with Gasteiger partial charge < -0.3 is 4.42 Å². The van der Waals surface area contributed by atoms with Crippen molar-refractivity contribution >= 4 is 29.0 Å². The van der Waals surface area contributed by atoms with Crippen LogP contribution in [-0.2, 0) is 0 Å². The summed E-state index contributed by atoms with van der Waals surface area (Å²) in [6.45, 7) is 0. The number of carbonyl (C=O) groups is 1. The second-order valence-electron chi connectivity index (χ2n) is 2.94. The van der Waals surface area contributed by atoms with Crippen molar-refractivity contribution in [3.63, 3.8) is 0 Å². The molecule has 15 heavy (non-hydrogen) atoms. The van der Waals surface area contributed by atoms with Crippen molar-refractivity contribution in [2.24, 2.45) is 0 Å². The Bertz CT molecular complexity index is 489. The summed E-state index contributed by atoms with van der Waals surface area (Å²) in [5.41, 5.74) is 0.838. The molecule has 0 aliphatic carbocycles. The Morgan fingerprint density at radius 3 is 2.67 bits per heavy atom. The van der Waals surface area contributed by atoms with E-state index in [4.69, 9.17) is 27.6 Å². The molecule has 0 unspecified atom stereocenters. The third kappa shape index (κ3) is 1.91. The Morgan fingerprint density at radius 1 is 1.20 bits per heavy atom. The predicted octanol–water partition coefficient (Wildman–Crippen LogP) is 3.82. The molecule has 0 saturated carbocycles. The summed E-state index contributed by atoms with van der Waals surface area (Å²) in [6.07, 6.45) is 2.81. The largest absolute Gasteiger partial charge is 0.472 e. The van der Waals surface area contributed by atoms with Gasteiger partial charge in [-0.05, 0) is 18.2 Å². The number of carbonyl (C=O) groups excluding carboxylic acids is 1. The molecule has 0 fully saturated rings. The topological polar surface area (TPSA) is 30.2 Å². The van der Waals surface area contributed by atoms with Crippen molar-refractivity contribution in [2.75, 3.05) is 0 Å². The summed E-state index contributed by atoms with van der Waals surface area (Å²) < 4.78 is 4.83. The first-order valence-electron chi connectivity index (χ1n) is 4.21. The van der Waals surface area contributed by atoms with Crippen LogP contribution in [0.1, 0.15) is 15.9 Å². The van der Waals surface area contributed by atoms with Gasteiger partial charge in [-0.25, -0.2) is 0 Å². The molecule has 76 valence electrons. The molecule has 0 aliphatic heterocycles. The van der Waals surface area contributed by atoms with E-state index in [0.29, 0.717) is 16.1 Å². The van der Waals surface area contributed by atoms with E-state index in [2.05, 4.69) is 0 Å². The van der Waals surface area contributed by atoms with E-state index in [0.717, 1.165) is 0 Å². The standard InChI is InChI=1S/C11H6Cl2O2/c12-9-3-1-2-8(10(9)13)11(14)7-4-5-15-6-7/h1-6H. The molecule has 0 bridgehead atoms. The van der Waals surface area contributed by atoms with Crippen LogP contribution >= 0.6 is 23.2 Å². The Morgan fingerprint density at radius 2 is 2.00 bits per heavy atom. The fourth-order valence-corrected chi connectivity index (χ4v) is 1.61. The van der Waals surface area contributed by atoms with Crippen LogP contribution in [0.5, 0.6) is 0 Å². The zero-order chi connectivity index (χ0) is 10.8. The Labute approximate surface area is 96.4 Å². The summed E-state index contributed by atoms with van der Waals surface area (Å²) in [5, 5.41) is 0.636. The third-order valence-electron chi connectivity index (χ3n) is 1.98. The van der Waals surface area contributed by atoms with E-state index < -0.39 is 0 Å². The molecule has 1 aromatic heterocycles. The highest BCUT2D eigenvalue weighted by Crippen LogP contribution is 2.27. The maximum Gasteiger partial charge on any atom is 0.197 e. The number of hydrogen-bond acceptors (Lipinski definition) is 2. The Hall–Kier alpha value is -1.25. The first kappa shape index (κ1) is 10.3. The van der Waals surface area contributed by atoms with Gasteiger partial charge in [0.25, 0.3) is 0 Å². The Kier molecular flexibility index (Phi) is 2.80. The van der Waals surface area contributed by atoms with Gasteiger partial charge in [-0.2, -0.15) is 0 Å². The molecular formula is C11H6Cl2O2. The lowest BCUT2D eigenvalue weighted by Gasteiger charge is -2.02. The number of ketones is 1. The van der Waals surface area contributed by atoms with Crippen molar-refractivity contribution in [3.8, 4) is 0 Å². The van der Waals surface area contributed by atoms with Crippen molar-refractivity contribution in [2.45, 2.75) is 0 Å². The SMILES string of the molecule is O=C(c1ccoc1)c1cccc(Cl)c1Cl. The molecule has 1 aromatic carbocycles. The van der Waals surface area contributed by atoms with Crippen LogP contribution < -0.4 is 0 Å². The van der Waals surface area contributed by atoms with Crippen LogP contribution in [0.3, 0.4) is 0 Å². The fourth-order valence-electron chi connectivity index (χ4n) is 1.23. The van der Waals surface area contributed by atoms with E-state index >= 15 is 0 Å². The van der Waals surface area contributed by atoms with Crippen molar-refractivity contribution < 1.29 is 9.21 Å². The van der Waals surface area contributed by atoms with E-state index in [9.17, 15) is 4.79 Å². The minimum absolute atomic E-state index is 0.198. The second kappa shape index (κ2) is 4.09. The number of rotatable bonds is 2. The molecule has 0 atom stereocenters. The normalized spacial score (nSPS) is 10.3. The maximum absolute atomic E-state index is 11.9. The highest BCUT2D eigenvalue weighted by Gasteiger charge is 2.15. The first-order valence-corrected chi connectivity index (χ1v) is 4.96. The molecule has 2 rings (SSSR count). The van der Waals surface area contributed by atoms with Gasteiger partial charge in [0.1, 0.15) is 6.26 Å². The average Bonchev–Trinajstić information content (AvgIpc) is 2.74. The lowest BCUT2D eigenvalue weighted by molar-refractivity contribution is 0.103. The van der Waals surface area contributed by atoms with E-state index in [-0.39, 0.29) is 10.8 Å². The minimum atomic E-state index is -0.198. The predicted molar refractivity (Wildman–Crippen MR) is 58.6 cm³/mol. The van der Waals surface area contributed by atoms with Gasteiger partial charge in [0.2, 0.25) is 0 Å². The molecule has 0 spiro atoms. The highest BCUT2D eigenvalue weighted by molar-refractivity contribution is 6.44. The summed E-state index contributed by atoms with van der Waals surface area (Å²) in [6, 6.07) is 6.53. The molecule has 0 N–H and O–H groups in total. The maximum atomic E-state index is 11.9. The van der Waals surface area contributed by atoms with E-state index in [1.165, 1.54) is 12.5 Å². The van der Waals surface area contributed by atoms with Crippen molar-refractivity contribution in [1.29, 1.82) is 0 Å². The second-order valence-corrected chi connectivity index (χ2v) is 3.73. The van der Waals surface area contributed by atoms with E-state index in [1.807, 2.05) is 0 Å². The van der Waals surface area contributed by atoms with Gasteiger partial charge in [0.05, 0.1) is 21.9 Å². The molecule has 1 heterocycles. The number of hydrogen-bond donors (Lipinski definition) is 0. The zero-order valence-corrected chi connectivity index (χ0v) is 9.05. The van der Waals surface area contributed by atoms with Crippen LogP contribution in [0.4, 0.5) is 0 Å². The van der Waals surface area contributed by atoms with Crippen LogP contribution in [0.2, 0.25) is 10.0 Å². The molecule has 0 aliphatic rings. The average molecular weight is 241 g/mol. The van der Waals surface area contributed by atoms with Gasteiger partial charge >= 0.3 is 0 Å². The first-order chi connectivity index (χ1) is 7.20. The molecule has 0 radical (unpaired) electrons. The zero-order valence-electron chi connectivity index (χ0n) is 7.54. The lowest BCUT2D eigenvalue weighted by Crippen LogP contribution is -2.00. The molecule has 2 aromatic rings. The van der Waals surface area contributed by atoms with Crippen LogP contribution in [0, 0.1) is 0 Å². The third-order valence-corrected chi connectivity index (χ3v) is 2.80. The minimum Gasteiger partial charge on any atom is -0.472 e. The molecular weight excluding hydrogens is 235 g/mol. The van der Waals surface area contributed by atoms with Gasteiger partial charge in [-0.3, -0.25) is 4.79 Å². The van der Waals surface area contributed by atoms with E-state index in [1.54, 1.807) is 24.3 Å². The number of benzene rings is 1. The van der Waals surface area contributed by atoms with Gasteiger partial charge in [-0.1, -0.05) is 29.3 Å². The smallest absolute Gasteiger partial charge is 0.197 e. The van der Waals surface area contributed by atoms with Crippen molar-refractivity contribution in [1.82, 2.24) is 0 Å². The number of furan rings is 1. The fraction of sp³-hybridized carbons (Fsp3) is 0. The Balaban J connectivity index is 2.47. The summed E-state index contributed by atoms with van der Waals surface area (Å²) in [7, 11) is 0. The van der Waals surface area contributed by atoms with Gasteiger partial charge in [-0.15, -0.1) is 0 Å².